The molecule has 0 aliphatic heterocycles. The maximum absolute atomic E-state index is 13.3. The van der Waals surface area contributed by atoms with E-state index in [9.17, 15) is 22.4 Å². The molecule has 0 bridgehead atoms. The fourth-order valence-corrected chi connectivity index (χ4v) is 1.07. The summed E-state index contributed by atoms with van der Waals surface area (Å²) in [4.78, 5) is 11.0. The van der Waals surface area contributed by atoms with E-state index in [2.05, 4.69) is 9.47 Å². The molecular formula is C9H7F4NO3. The van der Waals surface area contributed by atoms with Crippen molar-refractivity contribution >= 4 is 11.7 Å². The summed E-state index contributed by atoms with van der Waals surface area (Å²) in [5.41, 5.74) is 3.73. The van der Waals surface area contributed by atoms with Gasteiger partial charge in [0.1, 0.15) is 11.3 Å². The van der Waals surface area contributed by atoms with Crippen LogP contribution in [0, 0.1) is 5.82 Å². The molecule has 1 aromatic carbocycles. The summed E-state index contributed by atoms with van der Waals surface area (Å²) in [5, 5.41) is 0. The Labute approximate surface area is 92.9 Å². The van der Waals surface area contributed by atoms with Gasteiger partial charge in [0.15, 0.2) is 5.82 Å². The maximum Gasteiger partial charge on any atom is 0.573 e. The number of hydrogen-bond acceptors (Lipinski definition) is 4. The zero-order valence-corrected chi connectivity index (χ0v) is 8.47. The summed E-state index contributed by atoms with van der Waals surface area (Å²) in [6, 6.07) is 1.18. The average Bonchev–Trinajstić information content (AvgIpc) is 2.19. The van der Waals surface area contributed by atoms with Crippen molar-refractivity contribution in [3.05, 3.63) is 23.5 Å². The number of nitrogens with two attached hydrogens (primary N) is 1. The highest BCUT2D eigenvalue weighted by molar-refractivity contribution is 5.91. The van der Waals surface area contributed by atoms with Crippen molar-refractivity contribution < 1.29 is 31.8 Å². The van der Waals surface area contributed by atoms with Crippen LogP contribution in [0.3, 0.4) is 0 Å². The van der Waals surface area contributed by atoms with E-state index in [4.69, 9.17) is 5.73 Å². The highest BCUT2D eigenvalue weighted by atomic mass is 19.4. The van der Waals surface area contributed by atoms with Gasteiger partial charge >= 0.3 is 12.3 Å². The third kappa shape index (κ3) is 3.23. The van der Waals surface area contributed by atoms with Crippen LogP contribution in [-0.2, 0) is 4.74 Å². The van der Waals surface area contributed by atoms with Gasteiger partial charge in [-0.25, -0.2) is 9.18 Å². The highest BCUT2D eigenvalue weighted by Crippen LogP contribution is 2.28. The second-order valence-corrected chi connectivity index (χ2v) is 2.91. The lowest BCUT2D eigenvalue weighted by molar-refractivity contribution is -0.274. The molecule has 2 N–H and O–H groups in total. The quantitative estimate of drug-likeness (QED) is 0.498. The Balaban J connectivity index is 3.19. The van der Waals surface area contributed by atoms with Gasteiger partial charge in [-0.1, -0.05) is 0 Å². The molecule has 0 heterocycles. The molecule has 0 spiro atoms. The topological polar surface area (TPSA) is 61.5 Å². The minimum atomic E-state index is -4.96. The van der Waals surface area contributed by atoms with Crippen LogP contribution in [0.25, 0.3) is 0 Å². The van der Waals surface area contributed by atoms with E-state index in [1.807, 2.05) is 0 Å². The number of esters is 1. The zero-order chi connectivity index (χ0) is 13.2. The first kappa shape index (κ1) is 13.1. The molecule has 1 aromatic rings. The first-order valence-electron chi connectivity index (χ1n) is 4.17. The van der Waals surface area contributed by atoms with Crippen LogP contribution in [0.1, 0.15) is 10.4 Å². The van der Waals surface area contributed by atoms with Crippen molar-refractivity contribution in [2.45, 2.75) is 6.36 Å². The summed E-state index contributed by atoms with van der Waals surface area (Å²) < 4.78 is 56.7. The Hall–Kier alpha value is -1.99. The molecule has 4 nitrogen and oxygen atoms in total. The zero-order valence-electron chi connectivity index (χ0n) is 8.47. The summed E-state index contributed by atoms with van der Waals surface area (Å²) >= 11 is 0. The number of halogens is 4. The van der Waals surface area contributed by atoms with E-state index in [-0.39, 0.29) is 0 Å². The predicted octanol–water partition coefficient (Wildman–Crippen LogP) is 2.09. The number of alkyl halides is 3. The lowest BCUT2D eigenvalue weighted by Crippen LogP contribution is -2.18. The average molecular weight is 253 g/mol. The molecule has 0 aliphatic carbocycles. The van der Waals surface area contributed by atoms with Crippen LogP contribution >= 0.6 is 0 Å². The molecule has 0 amide bonds. The predicted molar refractivity (Wildman–Crippen MR) is 48.8 cm³/mol. The van der Waals surface area contributed by atoms with Crippen LogP contribution < -0.4 is 10.5 Å². The standard InChI is InChI=1S/C9H7F4NO3/c1-16-8(15)5-2-4(17-9(11,12)13)3-6(14)7(5)10/h2-3H,14H2,1H3. The van der Waals surface area contributed by atoms with Crippen LogP contribution in [0.15, 0.2) is 12.1 Å². The fourth-order valence-electron chi connectivity index (χ4n) is 1.07. The number of rotatable bonds is 2. The molecule has 8 heteroatoms. The number of carbonyl (C=O) groups excluding carboxylic acids is 1. The molecule has 0 fully saturated rings. The molecule has 17 heavy (non-hydrogen) atoms. The Kier molecular flexibility index (Phi) is 3.45. The number of benzene rings is 1. The second-order valence-electron chi connectivity index (χ2n) is 2.91. The summed E-state index contributed by atoms with van der Waals surface area (Å²) in [7, 11) is 0.954. The van der Waals surface area contributed by atoms with Gasteiger partial charge in [0.25, 0.3) is 0 Å². The molecule has 0 saturated heterocycles. The van der Waals surface area contributed by atoms with Gasteiger partial charge in [0, 0.05) is 6.07 Å². The number of hydrogen-bond donors (Lipinski definition) is 1. The van der Waals surface area contributed by atoms with Crippen molar-refractivity contribution in [3.8, 4) is 5.75 Å². The van der Waals surface area contributed by atoms with Crippen molar-refractivity contribution in [2.24, 2.45) is 0 Å². The molecule has 0 radical (unpaired) electrons. The maximum atomic E-state index is 13.3. The van der Waals surface area contributed by atoms with E-state index in [0.717, 1.165) is 7.11 Å². The normalized spacial score (nSPS) is 11.1. The number of nitrogen functional groups attached to an aromatic ring is 1. The lowest BCUT2D eigenvalue weighted by atomic mass is 10.1. The van der Waals surface area contributed by atoms with Crippen LogP contribution in [0.2, 0.25) is 0 Å². The third-order valence-electron chi connectivity index (χ3n) is 1.71. The number of methoxy groups -OCH3 is 1. The first-order chi connectivity index (χ1) is 7.74. The minimum absolute atomic E-state index is 0.561. The first-order valence-corrected chi connectivity index (χ1v) is 4.17. The molecule has 1 rings (SSSR count). The van der Waals surface area contributed by atoms with E-state index in [0.29, 0.717) is 12.1 Å². The number of carbonyl (C=O) groups is 1. The molecular weight excluding hydrogens is 246 g/mol. The number of anilines is 1. The second kappa shape index (κ2) is 4.48. The van der Waals surface area contributed by atoms with Gasteiger partial charge in [-0.3, -0.25) is 0 Å². The van der Waals surface area contributed by atoms with Gasteiger partial charge in [0.2, 0.25) is 0 Å². The lowest BCUT2D eigenvalue weighted by Gasteiger charge is -2.11. The van der Waals surface area contributed by atoms with Gasteiger partial charge in [-0.15, -0.1) is 13.2 Å². The molecule has 0 aliphatic rings. The Morgan fingerprint density at radius 2 is 1.94 bits per heavy atom. The van der Waals surface area contributed by atoms with Crippen LogP contribution in [-0.4, -0.2) is 19.4 Å². The van der Waals surface area contributed by atoms with Gasteiger partial charge < -0.3 is 15.2 Å². The van der Waals surface area contributed by atoms with Crippen molar-refractivity contribution in [1.29, 1.82) is 0 Å². The molecule has 0 saturated carbocycles. The summed E-state index contributed by atoms with van der Waals surface area (Å²) in [6.45, 7) is 0. The molecule has 94 valence electrons. The SMILES string of the molecule is COC(=O)c1cc(OC(F)(F)F)cc(N)c1F. The van der Waals surface area contributed by atoms with Crippen molar-refractivity contribution in [3.63, 3.8) is 0 Å². The minimum Gasteiger partial charge on any atom is -0.465 e. The molecule has 0 unspecified atom stereocenters. The highest BCUT2D eigenvalue weighted by Gasteiger charge is 2.32. The van der Waals surface area contributed by atoms with E-state index < -0.39 is 35.1 Å². The Morgan fingerprint density at radius 3 is 2.41 bits per heavy atom. The van der Waals surface area contributed by atoms with E-state index >= 15 is 0 Å². The Bertz CT molecular complexity index is 445. The van der Waals surface area contributed by atoms with Gasteiger partial charge in [0.05, 0.1) is 12.8 Å². The number of ether oxygens (including phenoxy) is 2. The van der Waals surface area contributed by atoms with Crippen molar-refractivity contribution in [2.75, 3.05) is 12.8 Å². The third-order valence-corrected chi connectivity index (χ3v) is 1.71. The monoisotopic (exact) mass is 253 g/mol. The molecule has 0 aromatic heterocycles. The Morgan fingerprint density at radius 1 is 1.35 bits per heavy atom. The molecule has 0 atom stereocenters. The van der Waals surface area contributed by atoms with Crippen LogP contribution in [0.4, 0.5) is 23.2 Å². The smallest absolute Gasteiger partial charge is 0.465 e. The largest absolute Gasteiger partial charge is 0.573 e. The van der Waals surface area contributed by atoms with Gasteiger partial charge in [-0.2, -0.15) is 0 Å². The summed E-state index contributed by atoms with van der Waals surface area (Å²) in [6.07, 6.45) is -4.96. The van der Waals surface area contributed by atoms with Crippen LogP contribution in [0.5, 0.6) is 5.75 Å². The van der Waals surface area contributed by atoms with Crippen molar-refractivity contribution in [1.82, 2.24) is 0 Å². The summed E-state index contributed by atoms with van der Waals surface area (Å²) in [5.74, 6) is -3.11. The van der Waals surface area contributed by atoms with Gasteiger partial charge in [-0.05, 0) is 6.07 Å². The van der Waals surface area contributed by atoms with E-state index in [1.165, 1.54) is 0 Å². The van der Waals surface area contributed by atoms with E-state index in [1.54, 1.807) is 0 Å². The fraction of sp³-hybridized carbons (Fsp3) is 0.222.